The summed E-state index contributed by atoms with van der Waals surface area (Å²) in [5.74, 6) is 0. The highest BCUT2D eigenvalue weighted by atomic mass is 14.9. The van der Waals surface area contributed by atoms with Crippen LogP contribution < -0.4 is 5.32 Å². The second-order valence-corrected chi connectivity index (χ2v) is 4.86. The third-order valence-corrected chi connectivity index (χ3v) is 3.22. The van der Waals surface area contributed by atoms with Crippen molar-refractivity contribution in [3.05, 3.63) is 96.1 Å². The molecule has 0 amide bonds. The van der Waals surface area contributed by atoms with Gasteiger partial charge in [0.25, 0.3) is 0 Å². The SMILES string of the molecule is C(=C\c1cccc(Nc2ccccc2)c1)/c1ccccc1. The summed E-state index contributed by atoms with van der Waals surface area (Å²) in [5.41, 5.74) is 4.58. The topological polar surface area (TPSA) is 12.0 Å². The molecule has 0 bridgehead atoms. The fraction of sp³-hybridized carbons (Fsp3) is 0. The molecular weight excluding hydrogens is 254 g/mol. The van der Waals surface area contributed by atoms with Crippen molar-refractivity contribution in [2.45, 2.75) is 0 Å². The zero-order valence-electron chi connectivity index (χ0n) is 11.7. The monoisotopic (exact) mass is 271 g/mol. The van der Waals surface area contributed by atoms with Crippen LogP contribution in [-0.2, 0) is 0 Å². The van der Waals surface area contributed by atoms with Crippen LogP contribution in [0.5, 0.6) is 0 Å². The normalized spacial score (nSPS) is 10.7. The van der Waals surface area contributed by atoms with E-state index < -0.39 is 0 Å². The van der Waals surface area contributed by atoms with Crippen LogP contribution in [0.15, 0.2) is 84.9 Å². The van der Waals surface area contributed by atoms with E-state index in [0.717, 1.165) is 11.4 Å². The molecule has 0 spiro atoms. The molecule has 1 nitrogen and oxygen atoms in total. The van der Waals surface area contributed by atoms with Gasteiger partial charge in [0.1, 0.15) is 0 Å². The van der Waals surface area contributed by atoms with Gasteiger partial charge in [0.15, 0.2) is 0 Å². The first kappa shape index (κ1) is 13.2. The Bertz CT molecular complexity index is 715. The molecule has 0 atom stereocenters. The maximum absolute atomic E-state index is 3.41. The molecule has 0 aliphatic rings. The Hall–Kier alpha value is -2.80. The maximum Gasteiger partial charge on any atom is 0.0390 e. The molecule has 0 unspecified atom stereocenters. The van der Waals surface area contributed by atoms with Crippen LogP contribution in [0.3, 0.4) is 0 Å². The number of nitrogens with one attached hydrogen (secondary N) is 1. The molecule has 1 N–H and O–H groups in total. The molecule has 0 aliphatic carbocycles. The van der Waals surface area contributed by atoms with E-state index in [1.807, 2.05) is 36.4 Å². The summed E-state index contributed by atoms with van der Waals surface area (Å²) >= 11 is 0. The van der Waals surface area contributed by atoms with Gasteiger partial charge in [0.05, 0.1) is 0 Å². The van der Waals surface area contributed by atoms with Gasteiger partial charge in [0.2, 0.25) is 0 Å². The molecule has 0 fully saturated rings. The van der Waals surface area contributed by atoms with Gasteiger partial charge in [-0.3, -0.25) is 0 Å². The highest BCUT2D eigenvalue weighted by Crippen LogP contribution is 2.18. The second-order valence-electron chi connectivity index (χ2n) is 4.86. The lowest BCUT2D eigenvalue weighted by atomic mass is 10.1. The van der Waals surface area contributed by atoms with E-state index in [1.54, 1.807) is 0 Å². The summed E-state index contributed by atoms with van der Waals surface area (Å²) in [4.78, 5) is 0. The molecule has 3 aromatic carbocycles. The van der Waals surface area contributed by atoms with Crippen LogP contribution in [0.4, 0.5) is 11.4 Å². The highest BCUT2D eigenvalue weighted by molar-refractivity contribution is 5.72. The first-order chi connectivity index (χ1) is 10.4. The van der Waals surface area contributed by atoms with Gasteiger partial charge in [0, 0.05) is 11.4 Å². The minimum Gasteiger partial charge on any atom is -0.356 e. The molecule has 3 aromatic rings. The molecule has 1 heteroatoms. The largest absolute Gasteiger partial charge is 0.356 e. The highest BCUT2D eigenvalue weighted by Gasteiger charge is 1.94. The average Bonchev–Trinajstić information content (AvgIpc) is 2.55. The van der Waals surface area contributed by atoms with Crippen molar-refractivity contribution in [3.8, 4) is 0 Å². The van der Waals surface area contributed by atoms with Crippen LogP contribution in [0.2, 0.25) is 0 Å². The average molecular weight is 271 g/mol. The minimum absolute atomic E-state index is 1.09. The Labute approximate surface area is 125 Å². The Morgan fingerprint density at radius 3 is 1.86 bits per heavy atom. The summed E-state index contributed by atoms with van der Waals surface area (Å²) in [6, 6.07) is 28.9. The quantitative estimate of drug-likeness (QED) is 0.609. The van der Waals surface area contributed by atoms with Gasteiger partial charge in [-0.25, -0.2) is 0 Å². The van der Waals surface area contributed by atoms with Gasteiger partial charge in [-0.2, -0.15) is 0 Å². The first-order valence-electron chi connectivity index (χ1n) is 7.05. The van der Waals surface area contributed by atoms with Crippen molar-refractivity contribution in [1.82, 2.24) is 0 Å². The smallest absolute Gasteiger partial charge is 0.0390 e. The van der Waals surface area contributed by atoms with E-state index in [-0.39, 0.29) is 0 Å². The first-order valence-corrected chi connectivity index (χ1v) is 7.05. The Balaban J connectivity index is 1.76. The zero-order valence-corrected chi connectivity index (χ0v) is 11.7. The number of rotatable bonds is 4. The summed E-state index contributed by atoms with van der Waals surface area (Å²) in [5, 5.41) is 3.41. The predicted octanol–water partition coefficient (Wildman–Crippen LogP) is 5.60. The molecule has 0 aliphatic heterocycles. The maximum atomic E-state index is 3.41. The summed E-state index contributed by atoms with van der Waals surface area (Å²) in [7, 11) is 0. The minimum atomic E-state index is 1.09. The van der Waals surface area contributed by atoms with E-state index in [2.05, 4.69) is 66.0 Å². The molecule has 0 saturated heterocycles. The van der Waals surface area contributed by atoms with Gasteiger partial charge in [-0.15, -0.1) is 0 Å². The van der Waals surface area contributed by atoms with Crippen molar-refractivity contribution in [2.24, 2.45) is 0 Å². The fourth-order valence-electron chi connectivity index (χ4n) is 2.16. The van der Waals surface area contributed by atoms with Crippen LogP contribution >= 0.6 is 0 Å². The molecule has 0 aromatic heterocycles. The Morgan fingerprint density at radius 2 is 1.10 bits per heavy atom. The second kappa shape index (κ2) is 6.58. The number of hydrogen-bond donors (Lipinski definition) is 1. The summed E-state index contributed by atoms with van der Waals surface area (Å²) < 4.78 is 0. The number of para-hydroxylation sites is 1. The zero-order chi connectivity index (χ0) is 14.3. The molecule has 3 rings (SSSR count). The van der Waals surface area contributed by atoms with Crippen LogP contribution in [0.25, 0.3) is 12.2 Å². The van der Waals surface area contributed by atoms with Crippen LogP contribution in [0, 0.1) is 0 Å². The van der Waals surface area contributed by atoms with Gasteiger partial charge in [-0.05, 0) is 35.4 Å². The molecular formula is C20H17N. The Kier molecular flexibility index (Phi) is 4.13. The molecule has 0 heterocycles. The van der Waals surface area contributed by atoms with Gasteiger partial charge in [-0.1, -0.05) is 72.8 Å². The van der Waals surface area contributed by atoms with Crippen molar-refractivity contribution in [3.63, 3.8) is 0 Å². The lowest BCUT2D eigenvalue weighted by molar-refractivity contribution is 1.54. The van der Waals surface area contributed by atoms with E-state index in [9.17, 15) is 0 Å². The third kappa shape index (κ3) is 3.83. The van der Waals surface area contributed by atoms with E-state index in [0.29, 0.717) is 0 Å². The van der Waals surface area contributed by atoms with E-state index >= 15 is 0 Å². The standard InChI is InChI=1S/C20H17N/c1-3-8-17(9-4-1)14-15-18-10-7-13-20(16-18)21-19-11-5-2-6-12-19/h1-16,21H/b15-14+. The lowest BCUT2D eigenvalue weighted by Crippen LogP contribution is -1.89. The molecule has 0 radical (unpaired) electrons. The molecule has 0 saturated carbocycles. The van der Waals surface area contributed by atoms with Crippen LogP contribution in [0.1, 0.15) is 11.1 Å². The van der Waals surface area contributed by atoms with Gasteiger partial charge >= 0.3 is 0 Å². The van der Waals surface area contributed by atoms with Crippen molar-refractivity contribution in [2.75, 3.05) is 5.32 Å². The Morgan fingerprint density at radius 1 is 0.524 bits per heavy atom. The number of anilines is 2. The number of hydrogen-bond acceptors (Lipinski definition) is 1. The predicted molar refractivity (Wildman–Crippen MR) is 91.5 cm³/mol. The van der Waals surface area contributed by atoms with E-state index in [4.69, 9.17) is 0 Å². The fourth-order valence-corrected chi connectivity index (χ4v) is 2.16. The van der Waals surface area contributed by atoms with Crippen molar-refractivity contribution in [1.29, 1.82) is 0 Å². The molecule has 102 valence electrons. The van der Waals surface area contributed by atoms with Crippen molar-refractivity contribution < 1.29 is 0 Å². The molecule has 21 heavy (non-hydrogen) atoms. The van der Waals surface area contributed by atoms with Gasteiger partial charge < -0.3 is 5.32 Å². The lowest BCUT2D eigenvalue weighted by Gasteiger charge is -2.06. The van der Waals surface area contributed by atoms with Crippen LogP contribution in [-0.4, -0.2) is 0 Å². The number of benzene rings is 3. The summed E-state index contributed by atoms with van der Waals surface area (Å²) in [6.07, 6.45) is 4.26. The van der Waals surface area contributed by atoms with Crippen molar-refractivity contribution >= 4 is 23.5 Å². The third-order valence-electron chi connectivity index (χ3n) is 3.22. The van der Waals surface area contributed by atoms with E-state index in [1.165, 1.54) is 11.1 Å². The summed E-state index contributed by atoms with van der Waals surface area (Å²) in [6.45, 7) is 0.